The molecule has 28 rings (SSSR count). The summed E-state index contributed by atoms with van der Waals surface area (Å²) in [5, 5.41) is 14.4. The maximum Gasteiger partial charge on any atom is 0.0714 e. The Kier molecular flexibility index (Phi) is 14.8. The number of benzene rings is 20. The van der Waals surface area contributed by atoms with Gasteiger partial charge in [-0.25, -0.2) is 0 Å². The van der Waals surface area contributed by atoms with Crippen LogP contribution in [0.1, 0.15) is 44.5 Å². The molecule has 6 heteroatoms. The van der Waals surface area contributed by atoms with Crippen molar-refractivity contribution in [2.75, 3.05) is 0 Å². The van der Waals surface area contributed by atoms with Crippen molar-refractivity contribution in [3.8, 4) is 67.5 Å². The van der Waals surface area contributed by atoms with Gasteiger partial charge in [-0.3, -0.25) is 0 Å². The first-order valence-corrected chi connectivity index (χ1v) is 44.4. The van der Waals surface area contributed by atoms with Crippen molar-refractivity contribution in [3.05, 3.63) is 506 Å². The first kappa shape index (κ1) is 70.7. The number of rotatable bonds is 11. The number of hydrogen-bond acceptors (Lipinski definition) is 0. The van der Waals surface area contributed by atoms with Gasteiger partial charge < -0.3 is 27.4 Å². The van der Waals surface area contributed by atoms with Crippen molar-refractivity contribution in [2.45, 2.75) is 10.8 Å². The minimum atomic E-state index is -0.740. The van der Waals surface area contributed by atoms with E-state index < -0.39 is 10.8 Å². The van der Waals surface area contributed by atoms with E-state index in [0.717, 1.165) is 78.4 Å². The molecule has 0 atom stereocenters. The largest absolute Gasteiger partial charge is 0.309 e. The Balaban J connectivity index is 0.622. The molecule has 6 aromatic heterocycles. The van der Waals surface area contributed by atoms with Crippen molar-refractivity contribution in [1.29, 1.82) is 0 Å². The summed E-state index contributed by atoms with van der Waals surface area (Å²) in [4.78, 5) is 0. The van der Waals surface area contributed by atoms with Crippen molar-refractivity contribution in [3.63, 3.8) is 0 Å². The van der Waals surface area contributed by atoms with E-state index in [-0.39, 0.29) is 0 Å². The van der Waals surface area contributed by atoms with Crippen LogP contribution in [0.4, 0.5) is 0 Å². The molecule has 0 spiro atoms. The summed E-state index contributed by atoms with van der Waals surface area (Å²) >= 11 is 0. The van der Waals surface area contributed by atoms with Crippen LogP contribution in [0.3, 0.4) is 0 Å². The lowest BCUT2D eigenvalue weighted by molar-refractivity contribution is 0.768. The molecule has 0 N–H and O–H groups in total. The van der Waals surface area contributed by atoms with Crippen LogP contribution in [-0.4, -0.2) is 27.4 Å². The lowest BCUT2D eigenvalue weighted by Crippen LogP contribution is -2.28. The highest BCUT2D eigenvalue weighted by Gasteiger charge is 2.48. The highest BCUT2D eigenvalue weighted by Crippen LogP contribution is 2.60. The topological polar surface area (TPSA) is 29.6 Å². The summed E-state index contributed by atoms with van der Waals surface area (Å²) in [7, 11) is 0. The van der Waals surface area contributed by atoms with E-state index in [0.29, 0.717) is 0 Å². The van der Waals surface area contributed by atoms with Crippen LogP contribution in [0.25, 0.3) is 198 Å². The lowest BCUT2D eigenvalue weighted by atomic mass is 9.67. The Labute approximate surface area is 737 Å². The normalized spacial score (nSPS) is 13.3. The SMILES string of the molecule is c1ccc(-n2c3ccccc3c3cc4c(cc32)c2cc3c(cc2n4-c2ccc(C4(c5ccccc5)c5ccccc5-c5ccccc54)cc2)c2ccccc2n3-c2ccc(-c3ccc4c(c3)C(c3ccccc3)(c3ccccc3)c3cc(-n5c6cc7c8ccccc8n(-c8ccccc8)c7cc6c6cc7c(cc65)c5ccccc5n7-c5ccccc5)ccc3-4)cc2)cc1. The van der Waals surface area contributed by atoms with Gasteiger partial charge in [-0.2, -0.15) is 0 Å². The molecule has 128 heavy (non-hydrogen) atoms. The maximum absolute atomic E-state index is 2.58. The Morgan fingerprint density at radius 1 is 0.125 bits per heavy atom. The van der Waals surface area contributed by atoms with E-state index >= 15 is 0 Å². The molecule has 2 aliphatic rings. The Morgan fingerprint density at radius 2 is 0.352 bits per heavy atom. The summed E-state index contributed by atoms with van der Waals surface area (Å²) < 4.78 is 15.0. The van der Waals surface area contributed by atoms with Gasteiger partial charge in [0.05, 0.1) is 77.0 Å². The molecule has 0 amide bonds. The molecule has 20 aromatic carbocycles. The van der Waals surface area contributed by atoms with Crippen LogP contribution in [0, 0.1) is 0 Å². The minimum absolute atomic E-state index is 0.535. The van der Waals surface area contributed by atoms with E-state index in [1.54, 1.807) is 0 Å². The molecular weight excluding hydrogens is 1550 g/mol. The van der Waals surface area contributed by atoms with Gasteiger partial charge in [0.2, 0.25) is 0 Å². The third-order valence-electron chi connectivity index (χ3n) is 28.7. The molecule has 2 aliphatic carbocycles. The highest BCUT2D eigenvalue weighted by atomic mass is 15.0. The van der Waals surface area contributed by atoms with Gasteiger partial charge in [0, 0.05) is 98.8 Å². The zero-order valence-corrected chi connectivity index (χ0v) is 69.6. The summed E-state index contributed by atoms with van der Waals surface area (Å²) in [6.07, 6.45) is 0. The second-order valence-corrected chi connectivity index (χ2v) is 34.9. The Hall–Kier alpha value is -16.8. The molecule has 6 heterocycles. The van der Waals surface area contributed by atoms with Crippen LogP contribution in [-0.2, 0) is 10.8 Å². The monoisotopic (exact) mass is 1620 g/mol. The fraction of sp³-hybridized carbons (Fsp3) is 0.0164. The summed E-state index contributed by atoms with van der Waals surface area (Å²) in [6.45, 7) is 0. The molecular formula is C122H76N6. The number of aromatic nitrogens is 6. The molecule has 0 unspecified atom stereocenters. The second kappa shape index (κ2) is 26.9. The van der Waals surface area contributed by atoms with Gasteiger partial charge in [-0.1, -0.05) is 309 Å². The van der Waals surface area contributed by atoms with Crippen LogP contribution < -0.4 is 0 Å². The van der Waals surface area contributed by atoms with Crippen molar-refractivity contribution >= 4 is 131 Å². The van der Waals surface area contributed by atoms with Gasteiger partial charge >= 0.3 is 0 Å². The molecule has 0 fully saturated rings. The van der Waals surface area contributed by atoms with E-state index in [1.165, 1.54) is 164 Å². The predicted octanol–water partition coefficient (Wildman–Crippen LogP) is 30.7. The van der Waals surface area contributed by atoms with Gasteiger partial charge in [0.15, 0.2) is 0 Å². The summed E-state index contributed by atoms with van der Waals surface area (Å²) in [5.74, 6) is 0. The first-order chi connectivity index (χ1) is 63.5. The summed E-state index contributed by atoms with van der Waals surface area (Å²) in [5.41, 5.74) is 36.6. The minimum Gasteiger partial charge on any atom is -0.309 e. The van der Waals surface area contributed by atoms with Crippen LogP contribution in [0.2, 0.25) is 0 Å². The van der Waals surface area contributed by atoms with Crippen LogP contribution >= 0.6 is 0 Å². The van der Waals surface area contributed by atoms with Crippen molar-refractivity contribution in [2.24, 2.45) is 0 Å². The Morgan fingerprint density at radius 3 is 0.711 bits per heavy atom. The number of fused-ring (bicyclic) bond motifs is 24. The van der Waals surface area contributed by atoms with Crippen LogP contribution in [0.5, 0.6) is 0 Å². The van der Waals surface area contributed by atoms with Crippen LogP contribution in [0.15, 0.2) is 461 Å². The molecule has 0 saturated heterocycles. The van der Waals surface area contributed by atoms with Gasteiger partial charge in [0.1, 0.15) is 0 Å². The molecule has 0 saturated carbocycles. The third kappa shape index (κ3) is 9.69. The average Bonchev–Trinajstić information content (AvgIpc) is 1.58. The van der Waals surface area contributed by atoms with E-state index in [2.05, 4.69) is 488 Å². The van der Waals surface area contributed by atoms with E-state index in [4.69, 9.17) is 0 Å². The number of hydrogen-bond donors (Lipinski definition) is 0. The van der Waals surface area contributed by atoms with Gasteiger partial charge in [0.25, 0.3) is 0 Å². The zero-order chi connectivity index (χ0) is 83.6. The zero-order valence-electron chi connectivity index (χ0n) is 69.6. The maximum atomic E-state index is 2.58. The molecule has 0 bridgehead atoms. The van der Waals surface area contributed by atoms with Gasteiger partial charge in [-0.05, 0) is 230 Å². The second-order valence-electron chi connectivity index (χ2n) is 34.9. The molecule has 26 aromatic rings. The lowest BCUT2D eigenvalue weighted by Gasteiger charge is -2.34. The molecule has 6 nitrogen and oxygen atoms in total. The highest BCUT2D eigenvalue weighted by molar-refractivity contribution is 6.25. The first-order valence-electron chi connectivity index (χ1n) is 44.4. The average molecular weight is 1630 g/mol. The fourth-order valence-corrected chi connectivity index (χ4v) is 23.4. The number of nitrogens with zero attached hydrogens (tertiary/aromatic N) is 6. The fourth-order valence-electron chi connectivity index (χ4n) is 23.4. The molecule has 594 valence electrons. The predicted molar refractivity (Wildman–Crippen MR) is 533 cm³/mol. The van der Waals surface area contributed by atoms with Gasteiger partial charge in [-0.15, -0.1) is 0 Å². The Bertz CT molecular complexity index is 8890. The molecule has 0 radical (unpaired) electrons. The van der Waals surface area contributed by atoms with Crippen molar-refractivity contribution in [1.82, 2.24) is 27.4 Å². The van der Waals surface area contributed by atoms with E-state index in [1.807, 2.05) is 0 Å². The third-order valence-corrected chi connectivity index (χ3v) is 28.7. The van der Waals surface area contributed by atoms with Crippen molar-refractivity contribution < 1.29 is 0 Å². The summed E-state index contributed by atoms with van der Waals surface area (Å²) in [6, 6.07) is 174. The van der Waals surface area contributed by atoms with E-state index in [9.17, 15) is 0 Å². The standard InChI is InChI=1S/C122H76N6/c1-7-31-79(32-8-1)121(105-49-25-19-43-89(105)90-44-20-26-50-106(90)121)82-58-62-87(63-59-82)127-117-69-97-93-45-21-27-51-109(93)123(83-37-13-4-14-38-83)113(97)73-101(117)102-74-116-98(70-118(102)127)96-48-24-30-54-112(96)126(116)86-60-55-77(56-61-86)78-57-65-91-92-66-64-88(68-108(92)122(107(91)67-78,80-33-9-2-10-34-80)81-35-11-3-12-36-81)128-119-71-99-94-46-22-28-52-110(94)124(84-39-15-5-16-40-84)114(99)75-103(119)104-76-115-100(72-120(104)128)95-47-23-29-53-111(95)125(115)85-41-17-6-18-42-85/h1-76H. The molecule has 0 aliphatic heterocycles. The number of para-hydroxylation sites is 7. The smallest absolute Gasteiger partial charge is 0.0714 e. The quantitative estimate of drug-likeness (QED) is 0.124.